The van der Waals surface area contributed by atoms with Crippen molar-refractivity contribution in [3.8, 4) is 12.3 Å². The fourth-order valence-corrected chi connectivity index (χ4v) is 2.81. The van der Waals surface area contributed by atoms with Crippen molar-refractivity contribution >= 4 is 0 Å². The summed E-state index contributed by atoms with van der Waals surface area (Å²) in [5.74, 6) is 2.86. The van der Waals surface area contributed by atoms with Crippen LogP contribution in [-0.4, -0.2) is 11.2 Å². The molecular formula is C11H16O. The molecule has 0 spiro atoms. The minimum absolute atomic E-state index is 0.0104. The van der Waals surface area contributed by atoms with Crippen molar-refractivity contribution in [3.05, 3.63) is 0 Å². The highest BCUT2D eigenvalue weighted by atomic mass is 16.6. The van der Waals surface area contributed by atoms with Crippen LogP contribution in [0.4, 0.5) is 0 Å². The molecule has 1 heteroatoms. The topological polar surface area (TPSA) is 12.5 Å². The van der Waals surface area contributed by atoms with Crippen LogP contribution in [0, 0.1) is 17.8 Å². The van der Waals surface area contributed by atoms with Gasteiger partial charge < -0.3 is 4.74 Å². The number of ether oxygens (including phenoxy) is 1. The molecule has 0 aromatic carbocycles. The van der Waals surface area contributed by atoms with Gasteiger partial charge in [-0.15, -0.1) is 6.42 Å². The zero-order valence-corrected chi connectivity index (χ0v) is 8.11. The minimum Gasteiger partial charge on any atom is -0.348 e. The molecule has 0 aromatic heterocycles. The molecule has 0 aromatic rings. The van der Waals surface area contributed by atoms with Gasteiger partial charge in [0.2, 0.25) is 0 Å². The summed E-state index contributed by atoms with van der Waals surface area (Å²) in [7, 11) is 0. The maximum absolute atomic E-state index is 5.78. The summed E-state index contributed by atoms with van der Waals surface area (Å²) < 4.78 is 5.78. The lowest BCUT2D eigenvalue weighted by atomic mass is 9.64. The first-order valence-corrected chi connectivity index (χ1v) is 4.65. The fraction of sp³-hybridized carbons (Fsp3) is 0.818. The molecule has 12 heavy (non-hydrogen) atoms. The standard InChI is InChI=1S/C11H16O/c1-5-11-9(2,3)7-6-8-10(11,4)12-11/h1H,6-8H2,2-4H3/t10-,11+/m1/s1. The Labute approximate surface area is 74.5 Å². The Morgan fingerprint density at radius 3 is 2.33 bits per heavy atom. The molecule has 2 fully saturated rings. The molecular weight excluding hydrogens is 148 g/mol. The largest absolute Gasteiger partial charge is 0.348 e. The monoisotopic (exact) mass is 164 g/mol. The smallest absolute Gasteiger partial charge is 0.162 e. The van der Waals surface area contributed by atoms with Gasteiger partial charge >= 0.3 is 0 Å². The summed E-state index contributed by atoms with van der Waals surface area (Å²) in [6.07, 6.45) is 9.12. The van der Waals surface area contributed by atoms with Crippen molar-refractivity contribution in [1.82, 2.24) is 0 Å². The van der Waals surface area contributed by atoms with Gasteiger partial charge in [-0.2, -0.15) is 0 Å². The van der Waals surface area contributed by atoms with E-state index < -0.39 is 0 Å². The van der Waals surface area contributed by atoms with E-state index in [9.17, 15) is 0 Å². The van der Waals surface area contributed by atoms with Gasteiger partial charge in [0.1, 0.15) is 5.60 Å². The first-order chi connectivity index (χ1) is 5.47. The van der Waals surface area contributed by atoms with E-state index in [1.807, 2.05) is 0 Å². The second-order valence-electron chi connectivity index (χ2n) is 4.90. The Morgan fingerprint density at radius 2 is 1.92 bits per heavy atom. The lowest BCUT2D eigenvalue weighted by molar-refractivity contribution is 0.174. The van der Waals surface area contributed by atoms with Crippen molar-refractivity contribution in [2.24, 2.45) is 5.41 Å². The van der Waals surface area contributed by atoms with E-state index in [-0.39, 0.29) is 16.6 Å². The third-order valence-electron chi connectivity index (χ3n) is 3.69. The third-order valence-corrected chi connectivity index (χ3v) is 3.69. The van der Waals surface area contributed by atoms with Crippen LogP contribution in [0.3, 0.4) is 0 Å². The average Bonchev–Trinajstić information content (AvgIpc) is 2.58. The zero-order valence-electron chi connectivity index (χ0n) is 8.11. The van der Waals surface area contributed by atoms with Crippen LogP contribution >= 0.6 is 0 Å². The van der Waals surface area contributed by atoms with Gasteiger partial charge in [0, 0.05) is 5.41 Å². The predicted molar refractivity (Wildman–Crippen MR) is 48.7 cm³/mol. The highest BCUT2D eigenvalue weighted by Crippen LogP contribution is 2.64. The molecule has 66 valence electrons. The molecule has 1 aliphatic carbocycles. The van der Waals surface area contributed by atoms with Gasteiger partial charge in [0.05, 0.1) is 0 Å². The first-order valence-electron chi connectivity index (χ1n) is 4.65. The van der Waals surface area contributed by atoms with E-state index in [1.54, 1.807) is 0 Å². The first kappa shape index (κ1) is 8.13. The van der Waals surface area contributed by atoms with E-state index in [0.29, 0.717) is 0 Å². The van der Waals surface area contributed by atoms with Crippen LogP contribution in [0.5, 0.6) is 0 Å². The summed E-state index contributed by atoms with van der Waals surface area (Å²) >= 11 is 0. The van der Waals surface area contributed by atoms with Crippen molar-refractivity contribution in [2.75, 3.05) is 0 Å². The lowest BCUT2D eigenvalue weighted by Gasteiger charge is -2.34. The second-order valence-corrected chi connectivity index (χ2v) is 4.90. The van der Waals surface area contributed by atoms with Crippen LogP contribution < -0.4 is 0 Å². The summed E-state index contributed by atoms with van der Waals surface area (Å²) in [4.78, 5) is 0. The summed E-state index contributed by atoms with van der Waals surface area (Å²) in [5, 5.41) is 0. The Hall–Kier alpha value is -0.480. The van der Waals surface area contributed by atoms with E-state index >= 15 is 0 Å². The molecule has 2 aliphatic rings. The fourth-order valence-electron chi connectivity index (χ4n) is 2.81. The molecule has 0 radical (unpaired) electrons. The molecule has 0 amide bonds. The summed E-state index contributed by atoms with van der Waals surface area (Å²) in [6, 6.07) is 0. The predicted octanol–water partition coefficient (Wildman–Crippen LogP) is 2.36. The van der Waals surface area contributed by atoms with E-state index in [1.165, 1.54) is 12.8 Å². The van der Waals surface area contributed by atoms with Gasteiger partial charge in [-0.25, -0.2) is 0 Å². The highest BCUT2D eigenvalue weighted by Gasteiger charge is 2.74. The SMILES string of the molecule is C#C[C@@]12O[C@]1(C)CCCC2(C)C. The molecule has 2 atom stereocenters. The number of terminal acetylenes is 1. The maximum atomic E-state index is 5.78. The molecule has 1 aliphatic heterocycles. The zero-order chi connectivity index (χ0) is 9.04. The van der Waals surface area contributed by atoms with Crippen molar-refractivity contribution in [3.63, 3.8) is 0 Å². The van der Waals surface area contributed by atoms with Gasteiger partial charge in [-0.1, -0.05) is 19.8 Å². The summed E-state index contributed by atoms with van der Waals surface area (Å²) in [6.45, 7) is 6.59. The Kier molecular flexibility index (Phi) is 1.27. The Bertz CT molecular complexity index is 261. The van der Waals surface area contributed by atoms with Gasteiger partial charge in [-0.3, -0.25) is 0 Å². The molecule has 1 nitrogen and oxygen atoms in total. The number of rotatable bonds is 0. The maximum Gasteiger partial charge on any atom is 0.162 e. The number of fused-ring (bicyclic) bond motifs is 1. The number of epoxide rings is 1. The molecule has 1 heterocycles. The third kappa shape index (κ3) is 0.653. The minimum atomic E-state index is -0.252. The number of hydrogen-bond acceptors (Lipinski definition) is 1. The van der Waals surface area contributed by atoms with Crippen LogP contribution in [0.1, 0.15) is 40.0 Å². The molecule has 0 unspecified atom stereocenters. The van der Waals surface area contributed by atoms with E-state index in [0.717, 1.165) is 6.42 Å². The molecule has 1 saturated heterocycles. The molecule has 0 N–H and O–H groups in total. The Balaban J connectivity index is 2.38. The van der Waals surface area contributed by atoms with Gasteiger partial charge in [0.15, 0.2) is 5.60 Å². The quantitative estimate of drug-likeness (QED) is 0.395. The van der Waals surface area contributed by atoms with Crippen molar-refractivity contribution in [2.45, 2.75) is 51.2 Å². The van der Waals surface area contributed by atoms with Crippen LogP contribution in [0.2, 0.25) is 0 Å². The van der Waals surface area contributed by atoms with Gasteiger partial charge in [0.25, 0.3) is 0 Å². The second kappa shape index (κ2) is 1.88. The normalized spacial score (nSPS) is 49.2. The number of hydrogen-bond donors (Lipinski definition) is 0. The van der Waals surface area contributed by atoms with Gasteiger partial charge in [-0.05, 0) is 26.2 Å². The highest BCUT2D eigenvalue weighted by molar-refractivity contribution is 5.35. The average molecular weight is 164 g/mol. The summed E-state index contributed by atoms with van der Waals surface area (Å²) in [5.41, 5.74) is -0.101. The lowest BCUT2D eigenvalue weighted by Crippen LogP contribution is -2.41. The van der Waals surface area contributed by atoms with Crippen LogP contribution in [0.15, 0.2) is 0 Å². The van der Waals surface area contributed by atoms with E-state index in [2.05, 4.69) is 26.7 Å². The van der Waals surface area contributed by atoms with E-state index in [4.69, 9.17) is 11.2 Å². The molecule has 1 saturated carbocycles. The Morgan fingerprint density at radius 1 is 1.25 bits per heavy atom. The van der Waals surface area contributed by atoms with Crippen LogP contribution in [-0.2, 0) is 4.74 Å². The van der Waals surface area contributed by atoms with Crippen molar-refractivity contribution < 1.29 is 4.74 Å². The molecule has 2 rings (SSSR count). The molecule has 0 bridgehead atoms. The van der Waals surface area contributed by atoms with Crippen molar-refractivity contribution in [1.29, 1.82) is 0 Å². The van der Waals surface area contributed by atoms with Crippen LogP contribution in [0.25, 0.3) is 0 Å².